The van der Waals surface area contributed by atoms with E-state index in [1.165, 1.54) is 0 Å². The van der Waals surface area contributed by atoms with Gasteiger partial charge in [0.15, 0.2) is 18.4 Å². The summed E-state index contributed by atoms with van der Waals surface area (Å²) in [5.74, 6) is -0.407. The third-order valence-corrected chi connectivity index (χ3v) is 6.28. The molecule has 424 valence electrons. The fourth-order valence-corrected chi connectivity index (χ4v) is 3.83. The first-order valence-electron chi connectivity index (χ1n) is 24.9. The van der Waals surface area contributed by atoms with Gasteiger partial charge in [0.05, 0.1) is 95.1 Å². The minimum Gasteiger partial charge on any atom is -0.396 e. The summed E-state index contributed by atoms with van der Waals surface area (Å²) in [6, 6.07) is 0. The number of rotatable bonds is 24. The predicted octanol–water partition coefficient (Wildman–Crippen LogP) is 8.52. The van der Waals surface area contributed by atoms with Crippen LogP contribution in [0, 0.1) is 16.7 Å². The molecule has 68 heavy (non-hydrogen) atoms. The molecule has 0 aromatic heterocycles. The van der Waals surface area contributed by atoms with Crippen LogP contribution in [0.5, 0.6) is 0 Å². The summed E-state index contributed by atoms with van der Waals surface area (Å²) < 4.78 is 40.8. The molecule has 0 spiro atoms. The van der Waals surface area contributed by atoms with E-state index in [0.717, 1.165) is 26.1 Å². The Kier molecular flexibility index (Phi) is 67.0. The van der Waals surface area contributed by atoms with Crippen molar-refractivity contribution < 1.29 is 78.7 Å². The molecule has 16 heteroatoms. The van der Waals surface area contributed by atoms with Crippen molar-refractivity contribution in [1.82, 2.24) is 0 Å². The van der Waals surface area contributed by atoms with Gasteiger partial charge in [-0.2, -0.15) is 0 Å². The van der Waals surface area contributed by atoms with Gasteiger partial charge in [0.25, 0.3) is 0 Å². The summed E-state index contributed by atoms with van der Waals surface area (Å²) in [6.07, 6.45) is 2.02. The average Bonchev–Trinajstić information content (AvgIpc) is 3.14. The number of hydrogen-bond donors (Lipinski definition) is 8. The van der Waals surface area contributed by atoms with E-state index in [9.17, 15) is 0 Å². The van der Waals surface area contributed by atoms with Crippen LogP contribution in [0.25, 0.3) is 0 Å². The molecule has 0 aromatic carbocycles. The minimum absolute atomic E-state index is 0.0926. The molecule has 16 nitrogen and oxygen atoms in total. The number of aliphatic hydroxyl groups is 8. The summed E-state index contributed by atoms with van der Waals surface area (Å²) in [5.41, 5.74) is 0.266. The Labute approximate surface area is 420 Å². The van der Waals surface area contributed by atoms with Gasteiger partial charge in [0.1, 0.15) is 0 Å². The van der Waals surface area contributed by atoms with E-state index in [4.69, 9.17) is 78.7 Å². The van der Waals surface area contributed by atoms with Crippen LogP contribution in [0.15, 0.2) is 0 Å². The molecule has 4 atom stereocenters. The molecule has 0 saturated heterocycles. The van der Waals surface area contributed by atoms with Crippen molar-refractivity contribution in [2.24, 2.45) is 16.7 Å². The Hall–Kier alpha value is -0.640. The lowest BCUT2D eigenvalue weighted by Crippen LogP contribution is -2.26. The third-order valence-electron chi connectivity index (χ3n) is 6.28. The van der Waals surface area contributed by atoms with Crippen LogP contribution in [0.4, 0.5) is 0 Å². The standard InChI is InChI=1S/C9H20O2.C8H18O2.C7H16O2.3C6H14O2.2C5H12O2/c1-8(5-6-10)11-7-9(2,3)4;1-5-7(9)10-6-8(2,3)4;1-6(2)9-7(3)4-5-8;1-6(2,3)8-5-4-7;1-5(2)8-6(3,4)7;1-6(2)5-8-4-3-7;1-5(2)7-4-3-6;1-4(2)7-5(3)6/h8,10H,5-7H2,1-4H3;7,9H,5-6H2,1-4H3;6-8H,4-5H2,1-3H3;7H,4-5H2,1-3H3;5,7H,1-4H3;6-7H,3-5H2,1-2H3;5-6H,3-4H2,1-2H3;4-6H,1-3H3. The number of aliphatic hydroxyl groups excluding tert-OH is 7. The molecule has 8 N–H and O–H groups in total. The van der Waals surface area contributed by atoms with Crippen LogP contribution in [-0.4, -0.2) is 174 Å². The van der Waals surface area contributed by atoms with Crippen molar-refractivity contribution >= 4 is 0 Å². The molecule has 0 bridgehead atoms. The molecule has 0 radical (unpaired) electrons. The maximum atomic E-state index is 9.00. The molecule has 0 aliphatic carbocycles. The lowest BCUT2D eigenvalue weighted by Gasteiger charge is -2.21. The Morgan fingerprint density at radius 1 is 0.456 bits per heavy atom. The fourth-order valence-electron chi connectivity index (χ4n) is 3.83. The van der Waals surface area contributed by atoms with Crippen molar-refractivity contribution in [1.29, 1.82) is 0 Å². The highest BCUT2D eigenvalue weighted by Crippen LogP contribution is 2.15. The van der Waals surface area contributed by atoms with Crippen molar-refractivity contribution in [2.75, 3.05) is 72.7 Å². The Bertz CT molecular complexity index is 901. The maximum Gasteiger partial charge on any atom is 0.160 e. The molecule has 0 aromatic rings. The van der Waals surface area contributed by atoms with Gasteiger partial charge in [-0.25, -0.2) is 0 Å². The Balaban J connectivity index is -0.000000101. The van der Waals surface area contributed by atoms with E-state index in [0.29, 0.717) is 38.8 Å². The van der Waals surface area contributed by atoms with Gasteiger partial charge in [0, 0.05) is 19.8 Å². The van der Waals surface area contributed by atoms with Crippen LogP contribution in [0.3, 0.4) is 0 Å². The molecule has 0 heterocycles. The van der Waals surface area contributed by atoms with Gasteiger partial charge in [-0.15, -0.1) is 0 Å². The van der Waals surface area contributed by atoms with Gasteiger partial charge >= 0.3 is 0 Å². The zero-order valence-electron chi connectivity index (χ0n) is 48.9. The quantitative estimate of drug-likeness (QED) is 0.0334. The number of hydrogen-bond acceptors (Lipinski definition) is 16. The van der Waals surface area contributed by atoms with E-state index >= 15 is 0 Å². The van der Waals surface area contributed by atoms with Gasteiger partial charge in [0.2, 0.25) is 0 Å². The van der Waals surface area contributed by atoms with Crippen LogP contribution in [-0.2, 0) is 37.9 Å². The van der Waals surface area contributed by atoms with Crippen molar-refractivity contribution in [3.63, 3.8) is 0 Å². The third kappa shape index (κ3) is 126. The van der Waals surface area contributed by atoms with Crippen molar-refractivity contribution in [2.45, 2.75) is 253 Å². The summed E-state index contributed by atoms with van der Waals surface area (Å²) in [4.78, 5) is 0. The largest absolute Gasteiger partial charge is 0.396 e. The zero-order chi connectivity index (χ0) is 55.8. The van der Waals surface area contributed by atoms with Gasteiger partial charge < -0.3 is 78.7 Å². The van der Waals surface area contributed by atoms with Crippen molar-refractivity contribution in [3.05, 3.63) is 0 Å². The van der Waals surface area contributed by atoms with Crippen LogP contribution < -0.4 is 0 Å². The van der Waals surface area contributed by atoms with Crippen LogP contribution in [0.2, 0.25) is 0 Å². The molecule has 0 saturated carbocycles. The zero-order valence-corrected chi connectivity index (χ0v) is 48.9. The van der Waals surface area contributed by atoms with E-state index in [-0.39, 0.29) is 86.1 Å². The van der Waals surface area contributed by atoms with Gasteiger partial charge in [-0.3, -0.25) is 0 Å². The predicted molar refractivity (Wildman–Crippen MR) is 280 cm³/mol. The molecular weight excluding hydrogens is 881 g/mol. The average molecular weight is 1000 g/mol. The molecule has 0 aliphatic rings. The van der Waals surface area contributed by atoms with Crippen LogP contribution >= 0.6 is 0 Å². The molecule has 0 fully saturated rings. The Morgan fingerprint density at radius 2 is 0.868 bits per heavy atom. The number of ether oxygens (including phenoxy) is 8. The van der Waals surface area contributed by atoms with Gasteiger partial charge in [-0.05, 0) is 147 Å². The van der Waals surface area contributed by atoms with Gasteiger partial charge in [-0.1, -0.05) is 62.3 Å². The molecular formula is C52H120O16. The maximum absolute atomic E-state index is 9.00. The minimum atomic E-state index is -0.978. The molecule has 0 rings (SSSR count). The topological polar surface area (TPSA) is 236 Å². The Morgan fingerprint density at radius 3 is 1.09 bits per heavy atom. The first kappa shape index (κ1) is 84.2. The monoisotopic (exact) mass is 1000 g/mol. The summed E-state index contributed by atoms with van der Waals surface area (Å²) in [5, 5.41) is 68.3. The van der Waals surface area contributed by atoms with E-state index in [1.807, 2.05) is 96.9 Å². The smallest absolute Gasteiger partial charge is 0.160 e. The SMILES string of the molecule is CC(C)(C)OCCO.CC(C)COCCO.CC(C)OC(C)(C)O.CC(C)OC(C)CCO.CC(C)OC(C)O.CC(C)OCCO.CC(CCO)OCC(C)(C)C.CCC(O)OCC(C)(C)C. The second kappa shape index (κ2) is 54.1. The molecule has 0 amide bonds. The summed E-state index contributed by atoms with van der Waals surface area (Å²) in [6.45, 7) is 53.1. The van der Waals surface area contributed by atoms with E-state index in [2.05, 4.69) is 55.4 Å². The summed E-state index contributed by atoms with van der Waals surface area (Å²) >= 11 is 0. The van der Waals surface area contributed by atoms with E-state index in [1.54, 1.807) is 20.8 Å². The summed E-state index contributed by atoms with van der Waals surface area (Å²) in [7, 11) is 0. The first-order chi connectivity index (χ1) is 30.7. The van der Waals surface area contributed by atoms with Crippen molar-refractivity contribution in [3.8, 4) is 0 Å². The molecule has 4 unspecified atom stereocenters. The lowest BCUT2D eigenvalue weighted by atomic mass is 9.98. The second-order valence-corrected chi connectivity index (χ2v) is 21.4. The fraction of sp³-hybridized carbons (Fsp3) is 1.00. The van der Waals surface area contributed by atoms with Crippen LogP contribution in [0.1, 0.15) is 192 Å². The highest BCUT2D eigenvalue weighted by atomic mass is 16.6. The highest BCUT2D eigenvalue weighted by Gasteiger charge is 2.14. The first-order valence-corrected chi connectivity index (χ1v) is 24.9. The lowest BCUT2D eigenvalue weighted by molar-refractivity contribution is -0.197. The second-order valence-electron chi connectivity index (χ2n) is 21.4. The highest BCUT2D eigenvalue weighted by molar-refractivity contribution is 4.61. The normalized spacial score (nSPS) is 13.3. The van der Waals surface area contributed by atoms with E-state index < -0.39 is 18.4 Å². The molecule has 0 aliphatic heterocycles.